The third-order valence-electron chi connectivity index (χ3n) is 5.65. The van der Waals surface area contributed by atoms with Crippen molar-refractivity contribution in [3.8, 4) is 0 Å². The number of rotatable bonds is 10. The Morgan fingerprint density at radius 2 is 1.36 bits per heavy atom. The maximum Gasteiger partial charge on any atom is 0.243 e. The molecule has 0 saturated carbocycles. The molecule has 3 rings (SSSR count). The molecule has 0 fully saturated rings. The number of nitrogens with one attached hydrogen (secondary N) is 1. The van der Waals surface area contributed by atoms with Gasteiger partial charge in [-0.2, -0.15) is 0 Å². The summed E-state index contributed by atoms with van der Waals surface area (Å²) in [4.78, 5) is 28.6. The molecule has 1 atom stereocenters. The van der Waals surface area contributed by atoms with E-state index in [1.807, 2.05) is 74.5 Å². The molecule has 0 saturated heterocycles. The van der Waals surface area contributed by atoms with E-state index in [0.717, 1.165) is 16.7 Å². The van der Waals surface area contributed by atoms with E-state index in [2.05, 4.69) is 36.5 Å². The summed E-state index contributed by atoms with van der Waals surface area (Å²) < 4.78 is 0. The van der Waals surface area contributed by atoms with Crippen molar-refractivity contribution in [2.24, 2.45) is 0 Å². The standard InChI is InChI=1S/C29H34N2O2/c1-22(2)30-29(33)27(20-25-10-6-4-7-11-25)31(21-26-12-8-5-9-13-26)28(32)19-18-24-16-14-23(3)15-17-24/h4-17,22,27H,18-21H2,1-3H3,(H,30,33)/t27-/m1/s1. The number of aryl methyl sites for hydroxylation is 2. The molecule has 3 aromatic rings. The highest BCUT2D eigenvalue weighted by atomic mass is 16.2. The molecule has 0 radical (unpaired) electrons. The highest BCUT2D eigenvalue weighted by Gasteiger charge is 2.30. The molecule has 0 aliphatic carbocycles. The van der Waals surface area contributed by atoms with Crippen LogP contribution in [0.3, 0.4) is 0 Å². The van der Waals surface area contributed by atoms with E-state index in [4.69, 9.17) is 0 Å². The SMILES string of the molecule is Cc1ccc(CCC(=O)N(Cc2ccccc2)[C@H](Cc2ccccc2)C(=O)NC(C)C)cc1. The van der Waals surface area contributed by atoms with Crippen molar-refractivity contribution in [1.82, 2.24) is 10.2 Å². The molecule has 0 aromatic heterocycles. The predicted octanol–water partition coefficient (Wildman–Crippen LogP) is 5.09. The molecule has 0 aliphatic rings. The molecule has 3 aromatic carbocycles. The highest BCUT2D eigenvalue weighted by Crippen LogP contribution is 2.17. The third-order valence-corrected chi connectivity index (χ3v) is 5.65. The van der Waals surface area contributed by atoms with Crippen molar-refractivity contribution >= 4 is 11.8 Å². The summed E-state index contributed by atoms with van der Waals surface area (Å²) in [6.07, 6.45) is 1.48. The molecular formula is C29H34N2O2. The van der Waals surface area contributed by atoms with Crippen LogP contribution in [0.5, 0.6) is 0 Å². The number of amides is 2. The Morgan fingerprint density at radius 1 is 0.788 bits per heavy atom. The fraction of sp³-hybridized carbons (Fsp3) is 0.310. The number of carbonyl (C=O) groups is 2. The van der Waals surface area contributed by atoms with E-state index in [1.54, 1.807) is 4.90 Å². The zero-order chi connectivity index (χ0) is 23.6. The van der Waals surface area contributed by atoms with E-state index in [0.29, 0.717) is 25.8 Å². The predicted molar refractivity (Wildman–Crippen MR) is 134 cm³/mol. The minimum atomic E-state index is -0.583. The maximum absolute atomic E-state index is 13.6. The Bertz CT molecular complexity index is 1010. The second-order valence-corrected chi connectivity index (χ2v) is 8.86. The summed E-state index contributed by atoms with van der Waals surface area (Å²) >= 11 is 0. The van der Waals surface area contributed by atoms with E-state index in [-0.39, 0.29) is 17.9 Å². The summed E-state index contributed by atoms with van der Waals surface area (Å²) in [5.41, 5.74) is 4.37. The van der Waals surface area contributed by atoms with Crippen LogP contribution >= 0.6 is 0 Å². The zero-order valence-corrected chi connectivity index (χ0v) is 19.8. The van der Waals surface area contributed by atoms with Crippen LogP contribution < -0.4 is 5.32 Å². The fourth-order valence-electron chi connectivity index (χ4n) is 3.86. The average Bonchev–Trinajstić information content (AvgIpc) is 2.81. The normalized spacial score (nSPS) is 11.8. The van der Waals surface area contributed by atoms with Gasteiger partial charge in [0.1, 0.15) is 6.04 Å². The summed E-state index contributed by atoms with van der Waals surface area (Å²) in [6, 6.07) is 27.5. The monoisotopic (exact) mass is 442 g/mol. The minimum absolute atomic E-state index is 0.00277. The van der Waals surface area contributed by atoms with Crippen LogP contribution in [0.4, 0.5) is 0 Å². The molecule has 0 aliphatic heterocycles. The Morgan fingerprint density at radius 3 is 1.94 bits per heavy atom. The lowest BCUT2D eigenvalue weighted by Gasteiger charge is -2.32. The van der Waals surface area contributed by atoms with Crippen LogP contribution in [-0.2, 0) is 29.0 Å². The van der Waals surface area contributed by atoms with Gasteiger partial charge in [0.2, 0.25) is 11.8 Å². The van der Waals surface area contributed by atoms with Crippen LogP contribution in [0.25, 0.3) is 0 Å². The molecule has 2 amide bonds. The van der Waals surface area contributed by atoms with E-state index in [9.17, 15) is 9.59 Å². The Labute approximate surface area is 197 Å². The van der Waals surface area contributed by atoms with Gasteiger partial charge >= 0.3 is 0 Å². The molecule has 0 bridgehead atoms. The van der Waals surface area contributed by atoms with Gasteiger partial charge in [-0.15, -0.1) is 0 Å². The smallest absolute Gasteiger partial charge is 0.243 e. The van der Waals surface area contributed by atoms with Crippen molar-refractivity contribution in [2.75, 3.05) is 0 Å². The Kier molecular flexibility index (Phi) is 8.82. The first kappa shape index (κ1) is 24.2. The number of hydrogen-bond acceptors (Lipinski definition) is 2. The molecule has 0 heterocycles. The third kappa shape index (κ3) is 7.60. The summed E-state index contributed by atoms with van der Waals surface area (Å²) in [6.45, 7) is 6.34. The van der Waals surface area contributed by atoms with Gasteiger partial charge in [-0.05, 0) is 43.9 Å². The van der Waals surface area contributed by atoms with Crippen LogP contribution in [0.2, 0.25) is 0 Å². The second-order valence-electron chi connectivity index (χ2n) is 8.86. The lowest BCUT2D eigenvalue weighted by atomic mass is 10.0. The second kappa shape index (κ2) is 12.0. The highest BCUT2D eigenvalue weighted by molar-refractivity contribution is 5.88. The first-order valence-electron chi connectivity index (χ1n) is 11.7. The number of nitrogens with zero attached hydrogens (tertiary/aromatic N) is 1. The van der Waals surface area contributed by atoms with Gasteiger partial charge in [0.15, 0.2) is 0 Å². The number of carbonyl (C=O) groups excluding carboxylic acids is 2. The lowest BCUT2D eigenvalue weighted by molar-refractivity contribution is -0.141. The molecular weight excluding hydrogens is 408 g/mol. The van der Waals surface area contributed by atoms with E-state index in [1.165, 1.54) is 5.56 Å². The van der Waals surface area contributed by atoms with Crippen LogP contribution in [-0.4, -0.2) is 28.8 Å². The van der Waals surface area contributed by atoms with Crippen LogP contribution in [0, 0.1) is 6.92 Å². The largest absolute Gasteiger partial charge is 0.352 e. The van der Waals surface area contributed by atoms with Gasteiger partial charge in [-0.3, -0.25) is 9.59 Å². The van der Waals surface area contributed by atoms with Crippen LogP contribution in [0.1, 0.15) is 42.5 Å². The van der Waals surface area contributed by atoms with E-state index >= 15 is 0 Å². The van der Waals surface area contributed by atoms with Crippen LogP contribution in [0.15, 0.2) is 84.9 Å². The molecule has 0 unspecified atom stereocenters. The average molecular weight is 443 g/mol. The first-order valence-corrected chi connectivity index (χ1v) is 11.7. The summed E-state index contributed by atoms with van der Waals surface area (Å²) in [5, 5.41) is 3.03. The fourth-order valence-corrected chi connectivity index (χ4v) is 3.86. The van der Waals surface area contributed by atoms with Crippen molar-refractivity contribution in [3.05, 3.63) is 107 Å². The van der Waals surface area contributed by atoms with E-state index < -0.39 is 6.04 Å². The molecule has 172 valence electrons. The number of benzene rings is 3. The van der Waals surface area contributed by atoms with Gasteiger partial charge in [0.25, 0.3) is 0 Å². The van der Waals surface area contributed by atoms with Crippen molar-refractivity contribution in [1.29, 1.82) is 0 Å². The molecule has 0 spiro atoms. The molecule has 1 N–H and O–H groups in total. The van der Waals surface area contributed by atoms with Crippen molar-refractivity contribution in [3.63, 3.8) is 0 Å². The topological polar surface area (TPSA) is 49.4 Å². The van der Waals surface area contributed by atoms with Crippen molar-refractivity contribution in [2.45, 2.75) is 58.7 Å². The lowest BCUT2D eigenvalue weighted by Crippen LogP contribution is -2.51. The maximum atomic E-state index is 13.6. The number of hydrogen-bond donors (Lipinski definition) is 1. The molecule has 33 heavy (non-hydrogen) atoms. The quantitative estimate of drug-likeness (QED) is 0.475. The molecule has 4 heteroatoms. The zero-order valence-electron chi connectivity index (χ0n) is 19.8. The van der Waals surface area contributed by atoms with Gasteiger partial charge in [-0.1, -0.05) is 90.5 Å². The van der Waals surface area contributed by atoms with Gasteiger partial charge < -0.3 is 10.2 Å². The Hall–Kier alpha value is -3.40. The molecule has 4 nitrogen and oxygen atoms in total. The van der Waals surface area contributed by atoms with Gasteiger partial charge in [0, 0.05) is 25.4 Å². The minimum Gasteiger partial charge on any atom is -0.352 e. The van der Waals surface area contributed by atoms with Gasteiger partial charge in [-0.25, -0.2) is 0 Å². The van der Waals surface area contributed by atoms with Gasteiger partial charge in [0.05, 0.1) is 0 Å². The Balaban J connectivity index is 1.87. The van der Waals surface area contributed by atoms with Crippen molar-refractivity contribution < 1.29 is 9.59 Å². The summed E-state index contributed by atoms with van der Waals surface area (Å²) in [5.74, 6) is -0.132. The first-order chi connectivity index (χ1) is 15.9. The summed E-state index contributed by atoms with van der Waals surface area (Å²) in [7, 11) is 0.